The van der Waals surface area contributed by atoms with Crippen molar-refractivity contribution in [2.45, 2.75) is 39.5 Å². The quantitative estimate of drug-likeness (QED) is 0.900. The number of hydrogen-bond acceptors (Lipinski definition) is 2. The number of aromatic amines is 1. The van der Waals surface area contributed by atoms with Gasteiger partial charge in [0.2, 0.25) is 5.91 Å². The molecular weight excluding hydrogens is 250 g/mol. The molecule has 20 heavy (non-hydrogen) atoms. The Morgan fingerprint density at radius 2 is 2.10 bits per heavy atom. The summed E-state index contributed by atoms with van der Waals surface area (Å²) in [5.74, 6) is 0.00977. The van der Waals surface area contributed by atoms with Gasteiger partial charge in [0.1, 0.15) is 0 Å². The van der Waals surface area contributed by atoms with Gasteiger partial charge >= 0.3 is 0 Å². The van der Waals surface area contributed by atoms with Gasteiger partial charge in [-0.2, -0.15) is 5.10 Å². The smallest absolute Gasteiger partial charge is 0.228 e. The first-order valence-corrected chi connectivity index (χ1v) is 7.05. The average molecular weight is 269 g/mol. The van der Waals surface area contributed by atoms with Crippen molar-refractivity contribution in [3.05, 3.63) is 46.3 Å². The Morgan fingerprint density at radius 3 is 2.85 bits per heavy atom. The van der Waals surface area contributed by atoms with Crippen LogP contribution in [0, 0.1) is 13.8 Å². The Bertz CT molecular complexity index is 638. The Labute approximate surface area is 118 Å². The van der Waals surface area contributed by atoms with Gasteiger partial charge in [-0.1, -0.05) is 6.07 Å². The fourth-order valence-electron chi connectivity index (χ4n) is 2.85. The molecule has 0 atom stereocenters. The van der Waals surface area contributed by atoms with Gasteiger partial charge in [-0.25, -0.2) is 0 Å². The van der Waals surface area contributed by atoms with Gasteiger partial charge in [-0.15, -0.1) is 0 Å². The van der Waals surface area contributed by atoms with Gasteiger partial charge in [0.05, 0.1) is 12.1 Å². The predicted octanol–water partition coefficient (Wildman–Crippen LogP) is 2.70. The van der Waals surface area contributed by atoms with Gasteiger partial charge in [0.15, 0.2) is 0 Å². The molecule has 3 rings (SSSR count). The summed E-state index contributed by atoms with van der Waals surface area (Å²) < 4.78 is 0. The Kier molecular flexibility index (Phi) is 3.30. The standard InChI is InChI=1S/C16H19N3O/c1-10-15(11(2)19-18-10)9-16(20)17-14-7-6-12-4-3-5-13(12)8-14/h6-8H,3-5,9H2,1-2H3,(H,17,20)(H,18,19). The van der Waals surface area contributed by atoms with E-state index in [1.165, 1.54) is 17.5 Å². The third kappa shape index (κ3) is 2.46. The van der Waals surface area contributed by atoms with Crippen LogP contribution in [0.5, 0.6) is 0 Å². The maximum absolute atomic E-state index is 12.1. The Balaban J connectivity index is 1.70. The summed E-state index contributed by atoms with van der Waals surface area (Å²) in [7, 11) is 0. The van der Waals surface area contributed by atoms with Crippen LogP contribution < -0.4 is 5.32 Å². The molecule has 1 heterocycles. The number of hydrogen-bond donors (Lipinski definition) is 2. The summed E-state index contributed by atoms with van der Waals surface area (Å²) >= 11 is 0. The minimum atomic E-state index is 0.00977. The van der Waals surface area contributed by atoms with Crippen molar-refractivity contribution in [2.75, 3.05) is 5.32 Å². The van der Waals surface area contributed by atoms with Crippen LogP contribution >= 0.6 is 0 Å². The molecule has 1 aromatic heterocycles. The predicted molar refractivity (Wildman–Crippen MR) is 78.9 cm³/mol. The summed E-state index contributed by atoms with van der Waals surface area (Å²) in [4.78, 5) is 12.1. The van der Waals surface area contributed by atoms with E-state index in [-0.39, 0.29) is 5.91 Å². The summed E-state index contributed by atoms with van der Waals surface area (Å²) in [6.07, 6.45) is 3.88. The zero-order chi connectivity index (χ0) is 14.1. The molecule has 4 nitrogen and oxygen atoms in total. The van der Waals surface area contributed by atoms with E-state index in [1.54, 1.807) is 0 Å². The van der Waals surface area contributed by atoms with Crippen LogP contribution in [0.15, 0.2) is 18.2 Å². The summed E-state index contributed by atoms with van der Waals surface area (Å²) in [5, 5.41) is 10.0. The van der Waals surface area contributed by atoms with E-state index in [4.69, 9.17) is 0 Å². The average Bonchev–Trinajstić information content (AvgIpc) is 3.00. The van der Waals surface area contributed by atoms with Crippen LogP contribution in [0.2, 0.25) is 0 Å². The van der Waals surface area contributed by atoms with Gasteiger partial charge in [0.25, 0.3) is 0 Å². The maximum Gasteiger partial charge on any atom is 0.228 e. The molecule has 0 saturated heterocycles. The van der Waals surface area contributed by atoms with Crippen LogP contribution in [0.25, 0.3) is 0 Å². The molecule has 0 aliphatic heterocycles. The highest BCUT2D eigenvalue weighted by atomic mass is 16.1. The number of carbonyl (C=O) groups is 1. The van der Waals surface area contributed by atoms with E-state index in [0.29, 0.717) is 6.42 Å². The summed E-state index contributed by atoms with van der Waals surface area (Å²) in [5.41, 5.74) is 6.54. The normalized spacial score (nSPS) is 13.3. The highest BCUT2D eigenvalue weighted by molar-refractivity contribution is 5.92. The lowest BCUT2D eigenvalue weighted by Crippen LogP contribution is -2.15. The lowest BCUT2D eigenvalue weighted by molar-refractivity contribution is -0.115. The largest absolute Gasteiger partial charge is 0.326 e. The zero-order valence-electron chi connectivity index (χ0n) is 11.9. The SMILES string of the molecule is Cc1n[nH]c(C)c1CC(=O)Nc1ccc2c(c1)CCC2. The lowest BCUT2D eigenvalue weighted by atomic mass is 10.1. The van der Waals surface area contributed by atoms with Crippen molar-refractivity contribution in [1.29, 1.82) is 0 Å². The van der Waals surface area contributed by atoms with Gasteiger partial charge in [-0.05, 0) is 56.4 Å². The van der Waals surface area contributed by atoms with Crippen molar-refractivity contribution in [3.8, 4) is 0 Å². The molecular formula is C16H19N3O. The molecule has 1 amide bonds. The molecule has 0 unspecified atom stereocenters. The molecule has 2 N–H and O–H groups in total. The molecule has 0 spiro atoms. The lowest BCUT2D eigenvalue weighted by Gasteiger charge is -2.07. The van der Waals surface area contributed by atoms with Crippen LogP contribution in [0.4, 0.5) is 5.69 Å². The maximum atomic E-state index is 12.1. The molecule has 0 fully saturated rings. The first kappa shape index (κ1) is 12.9. The number of aryl methyl sites for hydroxylation is 4. The zero-order valence-corrected chi connectivity index (χ0v) is 11.9. The second kappa shape index (κ2) is 5.12. The van der Waals surface area contributed by atoms with E-state index < -0.39 is 0 Å². The van der Waals surface area contributed by atoms with Crippen molar-refractivity contribution in [2.24, 2.45) is 0 Å². The van der Waals surface area contributed by atoms with Crippen LogP contribution in [0.1, 0.15) is 34.5 Å². The van der Waals surface area contributed by atoms with Gasteiger partial charge < -0.3 is 5.32 Å². The molecule has 104 valence electrons. The minimum absolute atomic E-state index is 0.00977. The number of fused-ring (bicyclic) bond motifs is 1. The van der Waals surface area contributed by atoms with E-state index in [9.17, 15) is 4.79 Å². The first-order valence-electron chi connectivity index (χ1n) is 7.05. The Hall–Kier alpha value is -2.10. The van der Waals surface area contributed by atoms with Crippen molar-refractivity contribution in [1.82, 2.24) is 10.2 Å². The second-order valence-electron chi connectivity index (χ2n) is 5.47. The second-order valence-corrected chi connectivity index (χ2v) is 5.47. The van der Waals surface area contributed by atoms with Crippen LogP contribution in [-0.4, -0.2) is 16.1 Å². The molecule has 0 bridgehead atoms. The molecule has 0 radical (unpaired) electrons. The van der Waals surface area contributed by atoms with E-state index >= 15 is 0 Å². The fraction of sp³-hybridized carbons (Fsp3) is 0.375. The Morgan fingerprint density at radius 1 is 1.30 bits per heavy atom. The number of nitrogens with zero attached hydrogens (tertiary/aromatic N) is 1. The molecule has 2 aromatic rings. The van der Waals surface area contributed by atoms with Crippen molar-refractivity contribution in [3.63, 3.8) is 0 Å². The monoisotopic (exact) mass is 269 g/mol. The van der Waals surface area contributed by atoms with E-state index in [1.807, 2.05) is 19.9 Å². The number of aromatic nitrogens is 2. The number of anilines is 1. The van der Waals surface area contributed by atoms with Gasteiger partial charge in [-0.3, -0.25) is 9.89 Å². The van der Waals surface area contributed by atoms with Crippen molar-refractivity contribution >= 4 is 11.6 Å². The molecule has 1 aliphatic carbocycles. The third-order valence-electron chi connectivity index (χ3n) is 4.00. The van der Waals surface area contributed by atoms with Gasteiger partial charge in [0, 0.05) is 16.9 Å². The minimum Gasteiger partial charge on any atom is -0.326 e. The molecule has 0 saturated carbocycles. The van der Waals surface area contributed by atoms with Crippen LogP contribution in [0.3, 0.4) is 0 Å². The van der Waals surface area contributed by atoms with E-state index in [2.05, 4.69) is 27.6 Å². The third-order valence-corrected chi connectivity index (χ3v) is 4.00. The highest BCUT2D eigenvalue weighted by Crippen LogP contribution is 2.25. The molecule has 1 aliphatic rings. The first-order chi connectivity index (χ1) is 9.63. The number of rotatable bonds is 3. The summed E-state index contributed by atoms with van der Waals surface area (Å²) in [6.45, 7) is 3.86. The van der Waals surface area contributed by atoms with E-state index in [0.717, 1.165) is 35.5 Å². The highest BCUT2D eigenvalue weighted by Gasteiger charge is 2.14. The van der Waals surface area contributed by atoms with Crippen LogP contribution in [-0.2, 0) is 24.1 Å². The van der Waals surface area contributed by atoms with Crippen molar-refractivity contribution < 1.29 is 4.79 Å². The number of benzene rings is 1. The number of H-pyrrole nitrogens is 1. The number of nitrogens with one attached hydrogen (secondary N) is 2. The number of amides is 1. The topological polar surface area (TPSA) is 57.8 Å². The fourth-order valence-corrected chi connectivity index (χ4v) is 2.85. The molecule has 1 aromatic carbocycles. The number of carbonyl (C=O) groups excluding carboxylic acids is 1. The molecule has 4 heteroatoms. The summed E-state index contributed by atoms with van der Waals surface area (Å²) in [6, 6.07) is 6.23.